The maximum absolute atomic E-state index is 11.4. The highest BCUT2D eigenvalue weighted by Crippen LogP contribution is 2.21. The van der Waals surface area contributed by atoms with Gasteiger partial charge in [0.25, 0.3) is 0 Å². The van der Waals surface area contributed by atoms with Gasteiger partial charge in [-0.2, -0.15) is 0 Å². The number of hydrogen-bond acceptors (Lipinski definition) is 5. The molecular formula is C12H22O5. The summed E-state index contributed by atoms with van der Waals surface area (Å²) in [6.07, 6.45) is 0.207. The lowest BCUT2D eigenvalue weighted by molar-refractivity contribution is -0.164. The SMILES string of the molecule is CC(=O)OCC(C)(C)CC(=O)OCOC(C)C. The third kappa shape index (κ3) is 9.81. The standard InChI is InChI=1S/C12H22O5/c1-9(2)16-8-17-11(14)6-12(4,5)7-15-10(3)13/h9H,6-8H2,1-5H3. The summed E-state index contributed by atoms with van der Waals surface area (Å²) in [7, 11) is 0. The number of esters is 2. The summed E-state index contributed by atoms with van der Waals surface area (Å²) >= 11 is 0. The van der Waals surface area contributed by atoms with E-state index in [2.05, 4.69) is 0 Å². The highest BCUT2D eigenvalue weighted by Gasteiger charge is 2.24. The van der Waals surface area contributed by atoms with E-state index in [-0.39, 0.29) is 37.9 Å². The fraction of sp³-hybridized carbons (Fsp3) is 0.833. The van der Waals surface area contributed by atoms with Crippen molar-refractivity contribution in [3.8, 4) is 0 Å². The first-order chi connectivity index (χ1) is 7.73. The molecule has 0 aromatic rings. The van der Waals surface area contributed by atoms with Crippen LogP contribution >= 0.6 is 0 Å². The number of rotatable bonds is 7. The summed E-state index contributed by atoms with van der Waals surface area (Å²) in [6.45, 7) is 8.88. The zero-order chi connectivity index (χ0) is 13.5. The molecule has 0 aliphatic heterocycles. The Hall–Kier alpha value is -1.10. The van der Waals surface area contributed by atoms with E-state index in [4.69, 9.17) is 14.2 Å². The van der Waals surface area contributed by atoms with E-state index in [1.165, 1.54) is 6.92 Å². The van der Waals surface area contributed by atoms with Crippen molar-refractivity contribution in [2.75, 3.05) is 13.4 Å². The molecule has 0 saturated carbocycles. The van der Waals surface area contributed by atoms with Gasteiger partial charge in [-0.1, -0.05) is 13.8 Å². The molecule has 0 aromatic carbocycles. The van der Waals surface area contributed by atoms with E-state index in [0.29, 0.717) is 0 Å². The van der Waals surface area contributed by atoms with E-state index in [1.54, 1.807) is 0 Å². The van der Waals surface area contributed by atoms with Crippen LogP contribution in [0.3, 0.4) is 0 Å². The summed E-state index contributed by atoms with van der Waals surface area (Å²) in [5.74, 6) is -0.711. The molecule has 0 aliphatic carbocycles. The predicted octanol–water partition coefficient (Wildman–Crippen LogP) is 1.89. The zero-order valence-electron chi connectivity index (χ0n) is 11.2. The molecule has 100 valence electrons. The van der Waals surface area contributed by atoms with Gasteiger partial charge in [0.1, 0.15) is 0 Å². The number of carbonyl (C=O) groups excluding carboxylic acids is 2. The lowest BCUT2D eigenvalue weighted by Gasteiger charge is -2.22. The van der Waals surface area contributed by atoms with Gasteiger partial charge >= 0.3 is 11.9 Å². The topological polar surface area (TPSA) is 61.8 Å². The summed E-state index contributed by atoms with van der Waals surface area (Å²) in [6, 6.07) is 0. The van der Waals surface area contributed by atoms with Gasteiger partial charge in [-0.05, 0) is 13.8 Å². The average molecular weight is 246 g/mol. The van der Waals surface area contributed by atoms with Gasteiger partial charge in [0.15, 0.2) is 6.79 Å². The minimum Gasteiger partial charge on any atom is -0.465 e. The van der Waals surface area contributed by atoms with Crippen molar-refractivity contribution in [1.29, 1.82) is 0 Å². The van der Waals surface area contributed by atoms with Crippen molar-refractivity contribution in [2.45, 2.75) is 47.1 Å². The van der Waals surface area contributed by atoms with Gasteiger partial charge in [-0.3, -0.25) is 9.59 Å². The number of carbonyl (C=O) groups is 2. The molecule has 5 heteroatoms. The van der Waals surface area contributed by atoms with E-state index in [0.717, 1.165) is 0 Å². The summed E-state index contributed by atoms with van der Waals surface area (Å²) in [5, 5.41) is 0. The van der Waals surface area contributed by atoms with Crippen LogP contribution in [0.2, 0.25) is 0 Å². The first-order valence-corrected chi connectivity index (χ1v) is 5.63. The Bertz CT molecular complexity index is 258. The molecule has 0 fully saturated rings. The molecule has 0 radical (unpaired) electrons. The fourth-order valence-corrected chi connectivity index (χ4v) is 1.03. The van der Waals surface area contributed by atoms with Crippen LogP contribution in [0.4, 0.5) is 0 Å². The Morgan fingerprint density at radius 2 is 1.76 bits per heavy atom. The number of ether oxygens (including phenoxy) is 3. The second-order valence-corrected chi connectivity index (χ2v) is 4.97. The summed E-state index contributed by atoms with van der Waals surface area (Å²) < 4.78 is 14.9. The third-order valence-corrected chi connectivity index (χ3v) is 1.91. The molecule has 0 unspecified atom stereocenters. The molecule has 0 spiro atoms. The van der Waals surface area contributed by atoms with Crippen molar-refractivity contribution < 1.29 is 23.8 Å². The second-order valence-electron chi connectivity index (χ2n) is 4.97. The molecule has 0 aromatic heterocycles. The van der Waals surface area contributed by atoms with Gasteiger partial charge in [-0.15, -0.1) is 0 Å². The smallest absolute Gasteiger partial charge is 0.308 e. The summed E-state index contributed by atoms with van der Waals surface area (Å²) in [4.78, 5) is 22.1. The van der Waals surface area contributed by atoms with E-state index in [1.807, 2.05) is 27.7 Å². The predicted molar refractivity (Wildman–Crippen MR) is 62.2 cm³/mol. The van der Waals surface area contributed by atoms with E-state index in [9.17, 15) is 9.59 Å². The highest BCUT2D eigenvalue weighted by molar-refractivity contribution is 5.70. The largest absolute Gasteiger partial charge is 0.465 e. The summed E-state index contributed by atoms with van der Waals surface area (Å²) in [5.41, 5.74) is -0.430. The van der Waals surface area contributed by atoms with Gasteiger partial charge in [0.05, 0.1) is 19.1 Å². The van der Waals surface area contributed by atoms with Gasteiger partial charge in [0, 0.05) is 12.3 Å². The molecule has 17 heavy (non-hydrogen) atoms. The average Bonchev–Trinajstić information content (AvgIpc) is 2.13. The van der Waals surface area contributed by atoms with Crippen LogP contribution in [-0.2, 0) is 23.8 Å². The van der Waals surface area contributed by atoms with Crippen LogP contribution in [0.25, 0.3) is 0 Å². The van der Waals surface area contributed by atoms with Crippen LogP contribution in [-0.4, -0.2) is 31.4 Å². The Balaban J connectivity index is 3.88. The first kappa shape index (κ1) is 15.9. The molecule has 0 N–H and O–H groups in total. The Labute approximate surface area is 102 Å². The molecule has 0 rings (SSSR count). The van der Waals surface area contributed by atoms with E-state index >= 15 is 0 Å². The molecule has 0 saturated heterocycles. The van der Waals surface area contributed by atoms with Crippen molar-refractivity contribution in [3.05, 3.63) is 0 Å². The normalized spacial score (nSPS) is 11.4. The van der Waals surface area contributed by atoms with Crippen molar-refractivity contribution in [2.24, 2.45) is 5.41 Å². The van der Waals surface area contributed by atoms with Crippen LogP contribution in [0.5, 0.6) is 0 Å². The molecular weight excluding hydrogens is 224 g/mol. The highest BCUT2D eigenvalue weighted by atomic mass is 16.7. The van der Waals surface area contributed by atoms with Gasteiger partial charge < -0.3 is 14.2 Å². The van der Waals surface area contributed by atoms with Crippen molar-refractivity contribution in [1.82, 2.24) is 0 Å². The zero-order valence-corrected chi connectivity index (χ0v) is 11.2. The lowest BCUT2D eigenvalue weighted by Crippen LogP contribution is -2.26. The van der Waals surface area contributed by atoms with Crippen LogP contribution in [0.15, 0.2) is 0 Å². The fourth-order valence-electron chi connectivity index (χ4n) is 1.03. The Morgan fingerprint density at radius 1 is 1.18 bits per heavy atom. The molecule has 5 nitrogen and oxygen atoms in total. The lowest BCUT2D eigenvalue weighted by atomic mass is 9.90. The number of hydrogen-bond donors (Lipinski definition) is 0. The van der Waals surface area contributed by atoms with Gasteiger partial charge in [0.2, 0.25) is 0 Å². The minimum absolute atomic E-state index is 0.0249. The molecule has 0 atom stereocenters. The molecule has 0 amide bonds. The quantitative estimate of drug-likeness (QED) is 0.507. The van der Waals surface area contributed by atoms with Crippen LogP contribution in [0, 0.1) is 5.41 Å². The molecule has 0 heterocycles. The van der Waals surface area contributed by atoms with E-state index < -0.39 is 5.41 Å². The Kier molecular flexibility index (Phi) is 6.80. The van der Waals surface area contributed by atoms with Crippen LogP contribution < -0.4 is 0 Å². The Morgan fingerprint density at radius 3 is 2.24 bits per heavy atom. The molecule has 0 bridgehead atoms. The van der Waals surface area contributed by atoms with Crippen molar-refractivity contribution in [3.63, 3.8) is 0 Å². The minimum atomic E-state index is -0.430. The monoisotopic (exact) mass is 246 g/mol. The maximum atomic E-state index is 11.4. The van der Waals surface area contributed by atoms with Crippen LogP contribution in [0.1, 0.15) is 41.0 Å². The third-order valence-electron chi connectivity index (χ3n) is 1.91. The molecule has 0 aliphatic rings. The maximum Gasteiger partial charge on any atom is 0.308 e. The second kappa shape index (κ2) is 7.27. The van der Waals surface area contributed by atoms with Crippen molar-refractivity contribution >= 4 is 11.9 Å². The van der Waals surface area contributed by atoms with Gasteiger partial charge in [-0.25, -0.2) is 0 Å². The first-order valence-electron chi connectivity index (χ1n) is 5.63.